The van der Waals surface area contributed by atoms with Gasteiger partial charge in [0.1, 0.15) is 17.3 Å². The van der Waals surface area contributed by atoms with Crippen molar-refractivity contribution in [3.8, 4) is 11.8 Å². The number of hydrogen-bond acceptors (Lipinski definition) is 7. The number of H-pyrrole nitrogens is 1. The minimum Gasteiger partial charge on any atom is -0.325 e. The quantitative estimate of drug-likeness (QED) is 0.726. The third kappa shape index (κ3) is 2.88. The number of aromatic amines is 1. The van der Waals surface area contributed by atoms with E-state index in [0.717, 1.165) is 11.4 Å². The van der Waals surface area contributed by atoms with Gasteiger partial charge in [-0.05, 0) is 12.0 Å². The molecule has 0 radical (unpaired) electrons. The van der Waals surface area contributed by atoms with Gasteiger partial charge in [0, 0.05) is 17.8 Å². The lowest BCUT2D eigenvalue weighted by Crippen LogP contribution is -2.46. The zero-order valence-corrected chi connectivity index (χ0v) is 15.6. The van der Waals surface area contributed by atoms with Crippen LogP contribution in [0.3, 0.4) is 0 Å². The SMILES string of the molecule is CC(C)c1[nH]nc(NC2(N)N=NC(C(C)(C)C)=C2C#N)c1-n1cccn1. The largest absolute Gasteiger partial charge is 0.325 e. The van der Waals surface area contributed by atoms with E-state index in [1.165, 1.54) is 0 Å². The molecule has 3 rings (SSSR count). The van der Waals surface area contributed by atoms with Crippen LogP contribution in [0.1, 0.15) is 46.2 Å². The Labute approximate surface area is 152 Å². The van der Waals surface area contributed by atoms with E-state index in [9.17, 15) is 5.26 Å². The monoisotopic (exact) mass is 353 g/mol. The zero-order valence-electron chi connectivity index (χ0n) is 15.6. The van der Waals surface area contributed by atoms with Crippen LogP contribution in [0.2, 0.25) is 0 Å². The second-order valence-electron chi connectivity index (χ2n) is 7.62. The Kier molecular flexibility index (Phi) is 4.16. The fourth-order valence-corrected chi connectivity index (χ4v) is 2.81. The number of rotatable bonds is 4. The van der Waals surface area contributed by atoms with Crippen molar-refractivity contribution in [2.45, 2.75) is 46.3 Å². The highest BCUT2D eigenvalue weighted by Crippen LogP contribution is 2.39. The highest BCUT2D eigenvalue weighted by molar-refractivity contribution is 5.62. The van der Waals surface area contributed by atoms with E-state index in [1.807, 2.05) is 33.0 Å². The summed E-state index contributed by atoms with van der Waals surface area (Å²) < 4.78 is 1.71. The molecule has 136 valence electrons. The van der Waals surface area contributed by atoms with Crippen LogP contribution in [-0.4, -0.2) is 25.8 Å². The molecular weight excluding hydrogens is 330 g/mol. The van der Waals surface area contributed by atoms with Gasteiger partial charge in [-0.15, -0.1) is 5.11 Å². The summed E-state index contributed by atoms with van der Waals surface area (Å²) in [5, 5.41) is 32.8. The second kappa shape index (κ2) is 6.07. The topological polar surface area (TPSA) is 133 Å². The van der Waals surface area contributed by atoms with Crippen molar-refractivity contribution in [2.75, 3.05) is 5.32 Å². The molecule has 4 N–H and O–H groups in total. The number of allylic oxidation sites excluding steroid dienone is 1. The summed E-state index contributed by atoms with van der Waals surface area (Å²) in [6.45, 7) is 9.99. The lowest BCUT2D eigenvalue weighted by molar-refractivity contribution is 0.494. The molecule has 2 aromatic rings. The molecule has 0 aromatic carbocycles. The van der Waals surface area contributed by atoms with Crippen LogP contribution >= 0.6 is 0 Å². The van der Waals surface area contributed by atoms with Gasteiger partial charge in [0.2, 0.25) is 5.79 Å². The maximum absolute atomic E-state index is 9.67. The minimum atomic E-state index is -1.47. The molecule has 26 heavy (non-hydrogen) atoms. The van der Waals surface area contributed by atoms with Gasteiger partial charge in [0.15, 0.2) is 5.82 Å². The number of nitriles is 1. The summed E-state index contributed by atoms with van der Waals surface area (Å²) in [4.78, 5) is 0. The maximum Gasteiger partial charge on any atom is 0.242 e. The molecule has 9 heteroatoms. The lowest BCUT2D eigenvalue weighted by atomic mass is 9.88. The summed E-state index contributed by atoms with van der Waals surface area (Å²) in [5.41, 5.74) is 8.54. The summed E-state index contributed by atoms with van der Waals surface area (Å²) in [5.74, 6) is -0.822. The van der Waals surface area contributed by atoms with E-state index >= 15 is 0 Å². The summed E-state index contributed by atoms with van der Waals surface area (Å²) in [6.07, 6.45) is 3.51. The second-order valence-corrected chi connectivity index (χ2v) is 7.62. The first-order valence-corrected chi connectivity index (χ1v) is 8.41. The Morgan fingerprint density at radius 1 is 1.38 bits per heavy atom. The van der Waals surface area contributed by atoms with Crippen LogP contribution in [0.15, 0.2) is 40.0 Å². The third-order valence-electron chi connectivity index (χ3n) is 4.14. The Morgan fingerprint density at radius 3 is 2.65 bits per heavy atom. The standard InChI is InChI=1S/C17H23N9/c1-10(2)12-13(26-8-6-7-20-26)15(24-22-12)21-17(19)11(9-18)14(23-25-17)16(3,4)5/h6-8,10H,19H2,1-5H3,(H2,21,22,24). The van der Waals surface area contributed by atoms with Gasteiger partial charge in [-0.25, -0.2) is 4.68 Å². The molecule has 0 aliphatic carbocycles. The van der Waals surface area contributed by atoms with E-state index in [0.29, 0.717) is 11.5 Å². The van der Waals surface area contributed by atoms with E-state index in [1.54, 1.807) is 10.9 Å². The predicted molar refractivity (Wildman–Crippen MR) is 97.3 cm³/mol. The normalized spacial score (nSPS) is 20.1. The van der Waals surface area contributed by atoms with Gasteiger partial charge < -0.3 is 5.32 Å². The first-order chi connectivity index (χ1) is 12.2. The summed E-state index contributed by atoms with van der Waals surface area (Å²) >= 11 is 0. The lowest BCUT2D eigenvalue weighted by Gasteiger charge is -2.23. The number of nitrogens with zero attached hydrogens (tertiary/aromatic N) is 6. The first kappa shape index (κ1) is 17.8. The molecule has 1 unspecified atom stereocenters. The molecule has 0 bridgehead atoms. The smallest absolute Gasteiger partial charge is 0.242 e. The molecule has 0 amide bonds. The Balaban J connectivity index is 2.07. The minimum absolute atomic E-state index is 0.187. The van der Waals surface area contributed by atoms with Crippen LogP contribution in [0.5, 0.6) is 0 Å². The molecule has 1 atom stereocenters. The molecule has 1 aliphatic rings. The van der Waals surface area contributed by atoms with Crippen molar-refractivity contribution < 1.29 is 0 Å². The van der Waals surface area contributed by atoms with Crippen LogP contribution < -0.4 is 11.1 Å². The molecule has 0 fully saturated rings. The van der Waals surface area contributed by atoms with Crippen LogP contribution in [-0.2, 0) is 0 Å². The van der Waals surface area contributed by atoms with Crippen LogP contribution in [0, 0.1) is 16.7 Å². The Hall–Kier alpha value is -2.99. The van der Waals surface area contributed by atoms with Gasteiger partial charge in [-0.1, -0.05) is 34.6 Å². The molecule has 1 aliphatic heterocycles. The van der Waals surface area contributed by atoms with Gasteiger partial charge in [0.25, 0.3) is 0 Å². The molecule has 0 saturated carbocycles. The van der Waals surface area contributed by atoms with E-state index in [2.05, 4.69) is 50.8 Å². The van der Waals surface area contributed by atoms with Crippen LogP contribution in [0.4, 0.5) is 5.82 Å². The van der Waals surface area contributed by atoms with Crippen molar-refractivity contribution in [3.63, 3.8) is 0 Å². The van der Waals surface area contributed by atoms with Crippen LogP contribution in [0.25, 0.3) is 5.69 Å². The van der Waals surface area contributed by atoms with Crippen molar-refractivity contribution in [2.24, 2.45) is 21.4 Å². The van der Waals surface area contributed by atoms with Gasteiger partial charge in [-0.3, -0.25) is 10.8 Å². The molecule has 3 heterocycles. The average Bonchev–Trinajstić information content (AvgIpc) is 3.24. The van der Waals surface area contributed by atoms with Gasteiger partial charge in [-0.2, -0.15) is 20.6 Å². The molecule has 2 aromatic heterocycles. The van der Waals surface area contributed by atoms with Crippen molar-refractivity contribution in [1.82, 2.24) is 20.0 Å². The number of aromatic nitrogens is 4. The predicted octanol–water partition coefficient (Wildman–Crippen LogP) is 3.03. The van der Waals surface area contributed by atoms with E-state index in [-0.39, 0.29) is 16.9 Å². The summed E-state index contributed by atoms with van der Waals surface area (Å²) in [7, 11) is 0. The molecule has 9 nitrogen and oxygen atoms in total. The van der Waals surface area contributed by atoms with Gasteiger partial charge in [0.05, 0.1) is 11.4 Å². The third-order valence-corrected chi connectivity index (χ3v) is 4.14. The van der Waals surface area contributed by atoms with Crippen molar-refractivity contribution in [1.29, 1.82) is 5.26 Å². The summed E-state index contributed by atoms with van der Waals surface area (Å²) in [6, 6.07) is 3.99. The Morgan fingerprint density at radius 2 is 2.12 bits per heavy atom. The highest BCUT2D eigenvalue weighted by Gasteiger charge is 2.42. The molecule has 0 saturated heterocycles. The Bertz CT molecular complexity index is 903. The molecule has 0 spiro atoms. The fraction of sp³-hybridized carbons (Fsp3) is 0.471. The average molecular weight is 353 g/mol. The highest BCUT2D eigenvalue weighted by atomic mass is 15.4. The number of nitrogens with one attached hydrogen (secondary N) is 2. The van der Waals surface area contributed by atoms with E-state index in [4.69, 9.17) is 5.73 Å². The number of anilines is 1. The van der Waals surface area contributed by atoms with E-state index < -0.39 is 5.79 Å². The molecular formula is C17H23N9. The number of hydrogen-bond donors (Lipinski definition) is 3. The maximum atomic E-state index is 9.67. The zero-order chi connectivity index (χ0) is 19.1. The van der Waals surface area contributed by atoms with Crippen molar-refractivity contribution >= 4 is 5.82 Å². The first-order valence-electron chi connectivity index (χ1n) is 8.41. The van der Waals surface area contributed by atoms with Crippen molar-refractivity contribution in [3.05, 3.63) is 35.4 Å². The number of nitrogens with two attached hydrogens (primary N) is 1. The number of azo groups is 1. The van der Waals surface area contributed by atoms with Gasteiger partial charge >= 0.3 is 0 Å². The fourth-order valence-electron chi connectivity index (χ4n) is 2.81.